The molecule has 0 saturated carbocycles. The molecule has 0 atom stereocenters. The van der Waals surface area contributed by atoms with Gasteiger partial charge in [0.15, 0.2) is 5.78 Å². The smallest absolute Gasteiger partial charge is 0.159 e. The number of benzene rings is 2. The quantitative estimate of drug-likeness (QED) is 0.521. The highest BCUT2D eigenvalue weighted by Gasteiger charge is 2.12. The summed E-state index contributed by atoms with van der Waals surface area (Å²) < 4.78 is 2.19. The molecule has 0 N–H and O–H groups in total. The number of hydrogen-bond donors (Lipinski definition) is 0. The van der Waals surface area contributed by atoms with E-state index < -0.39 is 0 Å². The SMILES string of the molecule is CC(=O)c1ccc(Cc2cncc3c2c2ccccc2n3C)cc1. The normalized spacial score (nSPS) is 11.2. The fourth-order valence-corrected chi connectivity index (χ4v) is 3.38. The number of carbonyl (C=O) groups is 1. The summed E-state index contributed by atoms with van der Waals surface area (Å²) in [4.78, 5) is 15.9. The molecule has 2 aromatic heterocycles. The lowest BCUT2D eigenvalue weighted by Crippen LogP contribution is -1.95. The van der Waals surface area contributed by atoms with Crippen molar-refractivity contribution in [2.75, 3.05) is 0 Å². The Morgan fingerprint density at radius 3 is 2.50 bits per heavy atom. The van der Waals surface area contributed by atoms with Gasteiger partial charge in [-0.25, -0.2) is 0 Å². The van der Waals surface area contributed by atoms with E-state index in [0.717, 1.165) is 17.5 Å². The van der Waals surface area contributed by atoms with Crippen LogP contribution in [0.2, 0.25) is 0 Å². The number of para-hydroxylation sites is 1. The number of hydrogen-bond acceptors (Lipinski definition) is 2. The topological polar surface area (TPSA) is 34.9 Å². The van der Waals surface area contributed by atoms with Crippen molar-refractivity contribution >= 4 is 27.6 Å². The first kappa shape index (κ1) is 14.6. The third-order valence-electron chi connectivity index (χ3n) is 4.66. The van der Waals surface area contributed by atoms with E-state index in [1.165, 1.54) is 27.4 Å². The van der Waals surface area contributed by atoms with Gasteiger partial charge in [-0.3, -0.25) is 9.78 Å². The molecule has 0 spiro atoms. The van der Waals surface area contributed by atoms with E-state index in [1.54, 1.807) is 6.92 Å². The number of carbonyl (C=O) groups excluding carboxylic acids is 1. The molecule has 0 amide bonds. The molecule has 0 aliphatic carbocycles. The van der Waals surface area contributed by atoms with Crippen LogP contribution in [0.15, 0.2) is 60.9 Å². The predicted molar refractivity (Wildman–Crippen MR) is 97.5 cm³/mol. The van der Waals surface area contributed by atoms with Gasteiger partial charge in [-0.15, -0.1) is 0 Å². The molecule has 0 fully saturated rings. The summed E-state index contributed by atoms with van der Waals surface area (Å²) in [7, 11) is 2.08. The lowest BCUT2D eigenvalue weighted by molar-refractivity contribution is 0.101. The van der Waals surface area contributed by atoms with E-state index >= 15 is 0 Å². The van der Waals surface area contributed by atoms with E-state index in [9.17, 15) is 4.79 Å². The molecule has 2 aromatic carbocycles. The Labute approximate surface area is 140 Å². The van der Waals surface area contributed by atoms with Gasteiger partial charge in [0, 0.05) is 35.1 Å². The van der Waals surface area contributed by atoms with Crippen LogP contribution in [0, 0.1) is 0 Å². The Morgan fingerprint density at radius 2 is 1.75 bits per heavy atom. The monoisotopic (exact) mass is 314 g/mol. The van der Waals surface area contributed by atoms with E-state index in [4.69, 9.17) is 0 Å². The van der Waals surface area contributed by atoms with Crippen LogP contribution in [0.5, 0.6) is 0 Å². The predicted octanol–water partition coefficient (Wildman–Crippen LogP) is 4.52. The number of aromatic nitrogens is 2. The molecule has 0 bridgehead atoms. The molecule has 0 aliphatic rings. The summed E-state index contributed by atoms with van der Waals surface area (Å²) in [6.07, 6.45) is 4.68. The summed E-state index contributed by atoms with van der Waals surface area (Å²) in [5.41, 5.74) is 5.50. The zero-order valence-electron chi connectivity index (χ0n) is 13.8. The van der Waals surface area contributed by atoms with Crippen LogP contribution >= 0.6 is 0 Å². The highest BCUT2D eigenvalue weighted by Crippen LogP contribution is 2.31. The number of aryl methyl sites for hydroxylation is 1. The molecule has 3 heteroatoms. The van der Waals surface area contributed by atoms with Crippen molar-refractivity contribution in [3.8, 4) is 0 Å². The van der Waals surface area contributed by atoms with Gasteiger partial charge in [0.05, 0.1) is 11.7 Å². The second kappa shape index (κ2) is 5.60. The van der Waals surface area contributed by atoms with Gasteiger partial charge in [-0.05, 0) is 30.5 Å². The van der Waals surface area contributed by atoms with Crippen molar-refractivity contribution in [1.29, 1.82) is 0 Å². The van der Waals surface area contributed by atoms with Crippen LogP contribution in [-0.2, 0) is 13.5 Å². The minimum atomic E-state index is 0.0966. The maximum absolute atomic E-state index is 11.4. The Morgan fingerprint density at radius 1 is 1.00 bits per heavy atom. The second-order valence-electron chi connectivity index (χ2n) is 6.20. The van der Waals surface area contributed by atoms with Gasteiger partial charge in [0.2, 0.25) is 0 Å². The maximum atomic E-state index is 11.4. The number of ketones is 1. The van der Waals surface area contributed by atoms with Gasteiger partial charge in [0.1, 0.15) is 0 Å². The Bertz CT molecular complexity index is 1060. The zero-order chi connectivity index (χ0) is 16.7. The van der Waals surface area contributed by atoms with Crippen molar-refractivity contribution < 1.29 is 4.79 Å². The number of pyridine rings is 1. The highest BCUT2D eigenvalue weighted by atomic mass is 16.1. The van der Waals surface area contributed by atoms with Gasteiger partial charge < -0.3 is 4.57 Å². The Hall–Kier alpha value is -2.94. The summed E-state index contributed by atoms with van der Waals surface area (Å²) >= 11 is 0. The highest BCUT2D eigenvalue weighted by molar-refractivity contribution is 6.09. The Balaban J connectivity index is 1.85. The zero-order valence-corrected chi connectivity index (χ0v) is 13.8. The molecule has 0 aliphatic heterocycles. The minimum absolute atomic E-state index is 0.0966. The van der Waals surface area contributed by atoms with E-state index in [1.807, 2.05) is 36.7 Å². The van der Waals surface area contributed by atoms with Crippen LogP contribution in [0.3, 0.4) is 0 Å². The number of nitrogens with zero attached hydrogens (tertiary/aromatic N) is 2. The maximum Gasteiger partial charge on any atom is 0.159 e. The van der Waals surface area contributed by atoms with Crippen molar-refractivity contribution in [3.05, 3.63) is 77.6 Å². The molecule has 4 aromatic rings. The van der Waals surface area contributed by atoms with E-state index in [-0.39, 0.29) is 5.78 Å². The molecule has 0 radical (unpaired) electrons. The average Bonchev–Trinajstić information content (AvgIpc) is 2.90. The van der Waals surface area contributed by atoms with Crippen LogP contribution in [0.1, 0.15) is 28.4 Å². The fraction of sp³-hybridized carbons (Fsp3) is 0.143. The lowest BCUT2D eigenvalue weighted by atomic mass is 10.00. The summed E-state index contributed by atoms with van der Waals surface area (Å²) in [6.45, 7) is 1.59. The van der Waals surface area contributed by atoms with Crippen molar-refractivity contribution in [3.63, 3.8) is 0 Å². The molecule has 24 heavy (non-hydrogen) atoms. The lowest BCUT2D eigenvalue weighted by Gasteiger charge is -2.05. The first-order chi connectivity index (χ1) is 11.6. The molecule has 0 saturated heterocycles. The molecule has 3 nitrogen and oxygen atoms in total. The fourth-order valence-electron chi connectivity index (χ4n) is 3.38. The standard InChI is InChI=1S/C21H18N2O/c1-14(24)16-9-7-15(8-10-16)11-17-12-22-13-20-21(17)18-5-3-4-6-19(18)23(20)2/h3-10,12-13H,11H2,1-2H3. The second-order valence-corrected chi connectivity index (χ2v) is 6.20. The molecule has 2 heterocycles. The molecular formula is C21H18N2O. The van der Waals surface area contributed by atoms with Crippen LogP contribution < -0.4 is 0 Å². The van der Waals surface area contributed by atoms with Gasteiger partial charge in [-0.1, -0.05) is 42.5 Å². The van der Waals surface area contributed by atoms with Crippen molar-refractivity contribution in [2.45, 2.75) is 13.3 Å². The van der Waals surface area contributed by atoms with Crippen molar-refractivity contribution in [1.82, 2.24) is 9.55 Å². The van der Waals surface area contributed by atoms with Crippen molar-refractivity contribution in [2.24, 2.45) is 7.05 Å². The van der Waals surface area contributed by atoms with E-state index in [2.05, 4.69) is 40.9 Å². The van der Waals surface area contributed by atoms with Crippen LogP contribution in [0.25, 0.3) is 21.8 Å². The summed E-state index contributed by atoms with van der Waals surface area (Å²) in [5, 5.41) is 2.52. The summed E-state index contributed by atoms with van der Waals surface area (Å²) in [5.74, 6) is 0.0966. The van der Waals surface area contributed by atoms with Crippen LogP contribution in [-0.4, -0.2) is 15.3 Å². The number of fused-ring (bicyclic) bond motifs is 3. The minimum Gasteiger partial charge on any atom is -0.342 e. The first-order valence-corrected chi connectivity index (χ1v) is 8.05. The Kier molecular flexibility index (Phi) is 3.42. The average molecular weight is 314 g/mol. The molecular weight excluding hydrogens is 296 g/mol. The van der Waals surface area contributed by atoms with Gasteiger partial charge in [0.25, 0.3) is 0 Å². The molecule has 118 valence electrons. The van der Waals surface area contributed by atoms with Gasteiger partial charge in [-0.2, -0.15) is 0 Å². The molecule has 4 rings (SSSR count). The first-order valence-electron chi connectivity index (χ1n) is 8.05. The largest absolute Gasteiger partial charge is 0.342 e. The number of rotatable bonds is 3. The summed E-state index contributed by atoms with van der Waals surface area (Å²) in [6, 6.07) is 16.3. The third-order valence-corrected chi connectivity index (χ3v) is 4.66. The van der Waals surface area contributed by atoms with Gasteiger partial charge >= 0.3 is 0 Å². The third kappa shape index (κ3) is 2.29. The number of Topliss-reactive ketones (excluding diaryl/α,β-unsaturated/α-hetero) is 1. The molecule has 0 unspecified atom stereocenters. The van der Waals surface area contributed by atoms with Crippen LogP contribution in [0.4, 0.5) is 0 Å². The van der Waals surface area contributed by atoms with E-state index in [0.29, 0.717) is 0 Å².